The molecular weight excluding hydrogens is 330 g/mol. The first-order valence-corrected chi connectivity index (χ1v) is 8.78. The van der Waals surface area contributed by atoms with Crippen LogP contribution in [0.4, 0.5) is 0 Å². The molecule has 1 heterocycles. The van der Waals surface area contributed by atoms with Gasteiger partial charge in [0.25, 0.3) is 0 Å². The second kappa shape index (κ2) is 5.80. The van der Waals surface area contributed by atoms with E-state index in [0.29, 0.717) is 4.88 Å². The van der Waals surface area contributed by atoms with Crippen LogP contribution in [0, 0.1) is 18.3 Å². The molecule has 1 aliphatic rings. The summed E-state index contributed by atoms with van der Waals surface area (Å²) in [6.45, 7) is 1.98. The van der Waals surface area contributed by atoms with Crippen LogP contribution in [0.3, 0.4) is 0 Å². The van der Waals surface area contributed by atoms with Gasteiger partial charge in [0.1, 0.15) is 22.4 Å². The van der Waals surface area contributed by atoms with Gasteiger partial charge in [-0.3, -0.25) is 0 Å². The predicted octanol–water partition coefficient (Wildman–Crippen LogP) is 5.03. The molecule has 0 amide bonds. The number of phenolic OH excluding ortho intramolecular Hbond substituents is 2. The zero-order chi connectivity index (χ0) is 17.6. The molecule has 1 atom stereocenters. The van der Waals surface area contributed by atoms with Gasteiger partial charge in [-0.2, -0.15) is 5.26 Å². The van der Waals surface area contributed by atoms with Gasteiger partial charge in [0, 0.05) is 5.92 Å². The Morgan fingerprint density at radius 1 is 1.00 bits per heavy atom. The molecule has 0 radical (unpaired) electrons. The molecule has 3 nitrogen and oxygen atoms in total. The molecule has 0 aliphatic heterocycles. The average Bonchev–Trinajstić information content (AvgIpc) is 3.19. The van der Waals surface area contributed by atoms with Crippen LogP contribution < -0.4 is 0 Å². The van der Waals surface area contributed by atoms with Crippen molar-refractivity contribution in [2.45, 2.75) is 12.8 Å². The highest BCUT2D eigenvalue weighted by molar-refractivity contribution is 7.10. The van der Waals surface area contributed by atoms with Crippen LogP contribution in [0.25, 0.3) is 11.6 Å². The smallest absolute Gasteiger partial charge is 0.116 e. The van der Waals surface area contributed by atoms with Gasteiger partial charge in [0.15, 0.2) is 0 Å². The molecule has 122 valence electrons. The third kappa shape index (κ3) is 2.50. The van der Waals surface area contributed by atoms with Gasteiger partial charge < -0.3 is 10.2 Å². The Balaban J connectivity index is 1.96. The maximum Gasteiger partial charge on any atom is 0.116 e. The summed E-state index contributed by atoms with van der Waals surface area (Å²) in [7, 11) is 0. The van der Waals surface area contributed by atoms with Crippen LogP contribution in [-0.4, -0.2) is 10.2 Å². The molecule has 0 fully saturated rings. The fourth-order valence-corrected chi connectivity index (χ4v) is 4.25. The second-order valence-corrected chi connectivity index (χ2v) is 7.08. The van der Waals surface area contributed by atoms with Crippen molar-refractivity contribution in [2.24, 2.45) is 0 Å². The van der Waals surface area contributed by atoms with Crippen LogP contribution in [0.5, 0.6) is 11.5 Å². The Bertz CT molecular complexity index is 1040. The van der Waals surface area contributed by atoms with E-state index in [1.165, 1.54) is 11.3 Å². The summed E-state index contributed by atoms with van der Waals surface area (Å²) in [5.74, 6) is 0.347. The predicted molar refractivity (Wildman–Crippen MR) is 99.7 cm³/mol. The highest BCUT2D eigenvalue weighted by Crippen LogP contribution is 2.49. The van der Waals surface area contributed by atoms with Gasteiger partial charge in [-0.15, -0.1) is 11.3 Å². The molecule has 2 N–H and O–H groups in total. The second-order valence-electron chi connectivity index (χ2n) is 6.16. The van der Waals surface area contributed by atoms with Crippen LogP contribution in [0.1, 0.15) is 38.6 Å². The first-order chi connectivity index (χ1) is 12.1. The van der Waals surface area contributed by atoms with Gasteiger partial charge in [-0.1, -0.05) is 12.1 Å². The number of aryl methyl sites for hydroxylation is 1. The summed E-state index contributed by atoms with van der Waals surface area (Å²) in [5.41, 5.74) is 6.11. The van der Waals surface area contributed by atoms with Gasteiger partial charge in [-0.05, 0) is 82.1 Å². The highest BCUT2D eigenvalue weighted by atomic mass is 32.1. The van der Waals surface area contributed by atoms with Gasteiger partial charge >= 0.3 is 0 Å². The van der Waals surface area contributed by atoms with Gasteiger partial charge in [0.2, 0.25) is 0 Å². The normalized spacial score (nSPS) is 15.5. The van der Waals surface area contributed by atoms with E-state index in [1.807, 2.05) is 30.5 Å². The first-order valence-electron chi connectivity index (χ1n) is 7.90. The molecule has 1 unspecified atom stereocenters. The number of aromatic hydroxyl groups is 2. The van der Waals surface area contributed by atoms with Crippen molar-refractivity contribution in [1.29, 1.82) is 5.26 Å². The number of thiophene rings is 1. The highest BCUT2D eigenvalue weighted by Gasteiger charge is 2.31. The molecule has 2 aromatic carbocycles. The molecule has 1 aromatic heterocycles. The molecule has 4 heteroatoms. The van der Waals surface area contributed by atoms with E-state index in [1.54, 1.807) is 24.3 Å². The van der Waals surface area contributed by atoms with Crippen LogP contribution in [-0.2, 0) is 0 Å². The van der Waals surface area contributed by atoms with Crippen LogP contribution in [0.2, 0.25) is 0 Å². The van der Waals surface area contributed by atoms with Crippen molar-refractivity contribution >= 4 is 23.0 Å². The minimum Gasteiger partial charge on any atom is -0.508 e. The Labute approximate surface area is 149 Å². The van der Waals surface area contributed by atoms with E-state index in [9.17, 15) is 15.5 Å². The lowest BCUT2D eigenvalue weighted by molar-refractivity contribution is 0.474. The zero-order valence-corrected chi connectivity index (χ0v) is 14.3. The Morgan fingerprint density at radius 3 is 2.48 bits per heavy atom. The Morgan fingerprint density at radius 2 is 1.76 bits per heavy atom. The van der Waals surface area contributed by atoms with Crippen molar-refractivity contribution in [2.75, 3.05) is 0 Å². The lowest BCUT2D eigenvalue weighted by Crippen LogP contribution is -2.02. The SMILES string of the molecule is Cc1cc(O)cc2c1C=C(c1ccc(O)cc1)C2c1ccsc1C#N. The molecule has 0 spiro atoms. The van der Waals surface area contributed by atoms with Crippen molar-refractivity contribution in [3.05, 3.63) is 80.5 Å². The molecule has 3 aromatic rings. The first kappa shape index (κ1) is 15.5. The third-order valence-electron chi connectivity index (χ3n) is 4.63. The standard InChI is InChI=1S/C21H15NO2S/c1-12-8-15(24)9-19-17(12)10-18(13-2-4-14(23)5-3-13)21(19)16-6-7-25-20(16)11-22/h2-10,21,23-24H,1H3. The molecule has 25 heavy (non-hydrogen) atoms. The number of nitriles is 1. The largest absolute Gasteiger partial charge is 0.508 e. The number of hydrogen-bond acceptors (Lipinski definition) is 4. The molecule has 4 rings (SSSR count). The summed E-state index contributed by atoms with van der Waals surface area (Å²) in [6, 6.07) is 14.9. The number of benzene rings is 2. The molecule has 0 saturated carbocycles. The molecular formula is C21H15NO2S. The average molecular weight is 345 g/mol. The number of hydrogen-bond donors (Lipinski definition) is 2. The van der Waals surface area contributed by atoms with E-state index in [2.05, 4.69) is 12.1 Å². The number of rotatable bonds is 2. The topological polar surface area (TPSA) is 64.2 Å². The summed E-state index contributed by atoms with van der Waals surface area (Å²) >= 11 is 1.43. The third-order valence-corrected chi connectivity index (χ3v) is 5.47. The van der Waals surface area contributed by atoms with E-state index < -0.39 is 0 Å². The van der Waals surface area contributed by atoms with E-state index in [-0.39, 0.29) is 17.4 Å². The monoisotopic (exact) mass is 345 g/mol. The molecule has 0 bridgehead atoms. The lowest BCUT2D eigenvalue weighted by Gasteiger charge is -2.18. The van der Waals surface area contributed by atoms with E-state index in [4.69, 9.17) is 0 Å². The number of phenols is 2. The summed E-state index contributed by atoms with van der Waals surface area (Å²) in [4.78, 5) is 0.684. The molecule has 0 saturated heterocycles. The molecule has 1 aliphatic carbocycles. The van der Waals surface area contributed by atoms with Crippen molar-refractivity contribution < 1.29 is 10.2 Å². The van der Waals surface area contributed by atoms with E-state index >= 15 is 0 Å². The van der Waals surface area contributed by atoms with Gasteiger partial charge in [-0.25, -0.2) is 0 Å². The lowest BCUT2D eigenvalue weighted by atomic mass is 9.85. The summed E-state index contributed by atoms with van der Waals surface area (Å²) < 4.78 is 0. The fraction of sp³-hybridized carbons (Fsp3) is 0.0952. The minimum atomic E-state index is -0.105. The quantitative estimate of drug-likeness (QED) is 0.685. The maximum absolute atomic E-state index is 10.1. The maximum atomic E-state index is 10.1. The Kier molecular flexibility index (Phi) is 3.60. The Hall–Kier alpha value is -3.03. The summed E-state index contributed by atoms with van der Waals surface area (Å²) in [5, 5.41) is 31.1. The van der Waals surface area contributed by atoms with Crippen molar-refractivity contribution in [1.82, 2.24) is 0 Å². The number of fused-ring (bicyclic) bond motifs is 1. The van der Waals surface area contributed by atoms with Crippen molar-refractivity contribution in [3.8, 4) is 17.6 Å². The minimum absolute atomic E-state index is 0.105. The van der Waals surface area contributed by atoms with Gasteiger partial charge in [0.05, 0.1) is 0 Å². The summed E-state index contributed by atoms with van der Waals surface area (Å²) in [6.07, 6.45) is 2.12. The zero-order valence-electron chi connectivity index (χ0n) is 13.5. The van der Waals surface area contributed by atoms with E-state index in [0.717, 1.165) is 33.4 Å². The fourth-order valence-electron chi connectivity index (χ4n) is 3.52. The number of nitrogens with zero attached hydrogens (tertiary/aromatic N) is 1. The number of allylic oxidation sites excluding steroid dienone is 1. The van der Waals surface area contributed by atoms with Crippen LogP contribution >= 0.6 is 11.3 Å². The van der Waals surface area contributed by atoms with Crippen LogP contribution in [0.15, 0.2) is 47.8 Å². The van der Waals surface area contributed by atoms with Crippen molar-refractivity contribution in [3.63, 3.8) is 0 Å².